The largest absolute Gasteiger partial charge is 0.481 e. The number of likely N-dealkylation sites (tertiary alicyclic amines) is 1. The van der Waals surface area contributed by atoms with Crippen LogP contribution < -0.4 is 41.6 Å². The smallest absolute Gasteiger partial charge is 0.322 e. The molecule has 0 aliphatic carbocycles. The average molecular weight is 1260 g/mol. The van der Waals surface area contributed by atoms with Crippen molar-refractivity contribution in [1.82, 2.24) is 41.0 Å². The van der Waals surface area contributed by atoms with E-state index in [9.17, 15) is 62.8 Å². The van der Waals surface area contributed by atoms with Crippen LogP contribution in [0.2, 0.25) is 0 Å². The first-order chi connectivity index (χ1) is 42.1. The molecule has 1 unspecified atom stereocenters. The first kappa shape index (κ1) is 74.0. The summed E-state index contributed by atoms with van der Waals surface area (Å²) >= 11 is 3.53. The fourth-order valence-electron chi connectivity index (χ4n) is 8.87. The molecule has 1 fully saturated rings. The average Bonchev–Trinajstić information content (AvgIpc) is 2.61. The number of thiol groups is 1. The number of ketones is 1. The fourth-order valence-corrected chi connectivity index (χ4v) is 8.87. The van der Waals surface area contributed by atoms with Crippen molar-refractivity contribution in [3.05, 3.63) is 56.2 Å². The molecule has 1 saturated heterocycles. The van der Waals surface area contributed by atoms with Crippen molar-refractivity contribution in [3.8, 4) is 22.9 Å². The van der Waals surface area contributed by atoms with Gasteiger partial charge in [-0.15, -0.1) is 0 Å². The molecule has 31 heteroatoms. The lowest BCUT2D eigenvalue weighted by molar-refractivity contribution is -0.841. The second-order valence-corrected chi connectivity index (χ2v) is 19.8. The van der Waals surface area contributed by atoms with Crippen molar-refractivity contribution in [2.24, 2.45) is 0 Å². The maximum absolute atomic E-state index is 13.1. The number of nitrogens with zero attached hydrogens (tertiary/aromatic N) is 4. The van der Waals surface area contributed by atoms with Gasteiger partial charge in [-0.1, -0.05) is 27.2 Å². The van der Waals surface area contributed by atoms with Gasteiger partial charge < -0.3 is 75.1 Å². The van der Waals surface area contributed by atoms with Crippen LogP contribution in [-0.2, 0) is 80.1 Å². The zero-order valence-electron chi connectivity index (χ0n) is 50.4. The van der Waals surface area contributed by atoms with Crippen LogP contribution in [0.25, 0.3) is 22.3 Å². The summed E-state index contributed by atoms with van der Waals surface area (Å²) in [5, 5.41) is 39.2. The van der Waals surface area contributed by atoms with Gasteiger partial charge in [0.2, 0.25) is 47.2 Å². The van der Waals surface area contributed by atoms with Gasteiger partial charge in [0.15, 0.2) is 18.1 Å². The molecule has 4 aliphatic heterocycles. The van der Waals surface area contributed by atoms with Crippen LogP contribution >= 0.6 is 12.6 Å². The fraction of sp³-hybridized carbons (Fsp3) is 0.579. The van der Waals surface area contributed by atoms with E-state index in [1.807, 2.05) is 31.2 Å². The molecule has 0 bridgehead atoms. The van der Waals surface area contributed by atoms with Crippen molar-refractivity contribution in [2.45, 2.75) is 130 Å². The molecule has 88 heavy (non-hydrogen) atoms. The first-order valence-corrected chi connectivity index (χ1v) is 29.6. The third-order valence-corrected chi connectivity index (χ3v) is 13.0. The van der Waals surface area contributed by atoms with E-state index in [1.54, 1.807) is 17.9 Å². The predicted octanol–water partition coefficient (Wildman–Crippen LogP) is 1.96. The van der Waals surface area contributed by atoms with Gasteiger partial charge >= 0.3 is 17.9 Å². The predicted molar refractivity (Wildman–Crippen MR) is 317 cm³/mol. The van der Waals surface area contributed by atoms with Gasteiger partial charge in [0.25, 0.3) is 11.6 Å². The van der Waals surface area contributed by atoms with E-state index < -0.39 is 72.6 Å². The molecule has 1 aromatic carbocycles. The minimum Gasteiger partial charge on any atom is -0.481 e. The minimum atomic E-state index is -1.40. The quantitative estimate of drug-likeness (QED) is 0.0277. The molecule has 486 valence electrons. The maximum atomic E-state index is 13.1. The van der Waals surface area contributed by atoms with E-state index >= 15 is 0 Å². The summed E-state index contributed by atoms with van der Waals surface area (Å²) in [7, 11) is 1.54. The number of hydrogen-bond donors (Lipinski definition) is 9. The normalized spacial score (nSPS) is 14.7. The highest BCUT2D eigenvalue weighted by atomic mass is 32.1. The number of benzene rings is 1. The highest BCUT2D eigenvalue weighted by Gasteiger charge is 2.41. The number of nitrogens with one attached hydrogen (secondary N) is 5. The molecular formula is C57H82N9O21S+. The van der Waals surface area contributed by atoms with Gasteiger partial charge in [-0.3, -0.25) is 52.7 Å². The van der Waals surface area contributed by atoms with Crippen LogP contribution in [0, 0.1) is 4.91 Å². The number of aromatic nitrogens is 2. The van der Waals surface area contributed by atoms with E-state index in [0.717, 1.165) is 38.3 Å². The van der Waals surface area contributed by atoms with Crippen LogP contribution in [0.15, 0.2) is 29.1 Å². The molecule has 7 rings (SSSR count). The van der Waals surface area contributed by atoms with Crippen LogP contribution in [0.1, 0.15) is 121 Å². The Morgan fingerprint density at radius 1 is 0.761 bits per heavy atom. The van der Waals surface area contributed by atoms with Gasteiger partial charge in [0, 0.05) is 74.8 Å². The van der Waals surface area contributed by atoms with Crippen LogP contribution in [-0.4, -0.2) is 192 Å². The molecule has 2 aromatic heterocycles. The molecule has 0 radical (unpaired) electrons. The SMILES string of the molecule is CC(=O)CNC(=O)CCC(=O)O.CCC.CCC1c2cc3n(c(=O)c2CO[N+]1=O)Cc1cc2cc4c(cc2nc1-3)OCO4.CNC(=O)CCCC(=O)NCCOCCOCCOCCC(=O)N[C@@H](CC(=O)O)C(=O)N1CCC[C@H]1C(=O)NCC(=O)O.CS. The Kier molecular flexibility index (Phi) is 33.2. The van der Waals surface area contributed by atoms with Crippen LogP contribution in [0.3, 0.4) is 0 Å². The number of fused-ring (bicyclic) bond motifs is 6. The highest BCUT2D eigenvalue weighted by molar-refractivity contribution is 7.79. The summed E-state index contributed by atoms with van der Waals surface area (Å²) in [5.41, 5.74) is 4.44. The van der Waals surface area contributed by atoms with Crippen LogP contribution in [0.5, 0.6) is 11.5 Å². The number of hydrogen-bond acceptors (Lipinski definition) is 20. The summed E-state index contributed by atoms with van der Waals surface area (Å²) in [6.45, 7) is 9.31. The lowest BCUT2D eigenvalue weighted by atomic mass is 9.98. The molecule has 0 saturated carbocycles. The Balaban J connectivity index is 0.000000379. The number of carboxylic acids is 3. The second-order valence-electron chi connectivity index (χ2n) is 19.8. The van der Waals surface area contributed by atoms with E-state index in [-0.39, 0.29) is 108 Å². The molecule has 3 aromatic rings. The van der Waals surface area contributed by atoms with Gasteiger partial charge in [0.05, 0.1) is 92.9 Å². The van der Waals surface area contributed by atoms with Gasteiger partial charge in [-0.25, -0.2) is 9.82 Å². The number of carbonyl (C=O) groups is 10. The third-order valence-electron chi connectivity index (χ3n) is 13.0. The van der Waals surface area contributed by atoms with Crippen LogP contribution in [0.4, 0.5) is 0 Å². The molecule has 30 nitrogen and oxygen atoms in total. The summed E-state index contributed by atoms with van der Waals surface area (Å²) < 4.78 is 28.7. The number of Topliss-reactive ketones (excluding diaryl/α,β-unsaturated/α-hetero) is 1. The Labute approximate surface area is 513 Å². The number of carbonyl (C=O) groups excluding carboxylic acids is 7. The number of amides is 6. The minimum absolute atomic E-state index is 0.00158. The lowest BCUT2D eigenvalue weighted by Gasteiger charge is -2.28. The third kappa shape index (κ3) is 24.5. The summed E-state index contributed by atoms with van der Waals surface area (Å²) in [4.78, 5) is 150. The van der Waals surface area contributed by atoms with Crippen molar-refractivity contribution in [1.29, 1.82) is 0 Å². The van der Waals surface area contributed by atoms with Crippen molar-refractivity contribution in [3.63, 3.8) is 0 Å². The maximum Gasteiger partial charge on any atom is 0.322 e. The molecule has 4 aliphatic rings. The Morgan fingerprint density at radius 3 is 2.02 bits per heavy atom. The molecule has 0 spiro atoms. The van der Waals surface area contributed by atoms with E-state index in [1.165, 1.54) is 13.3 Å². The summed E-state index contributed by atoms with van der Waals surface area (Å²) in [6.07, 6.45) is 4.16. The zero-order chi connectivity index (χ0) is 65.3. The Hall–Kier alpha value is -8.29. The highest BCUT2D eigenvalue weighted by Crippen LogP contribution is 2.40. The lowest BCUT2D eigenvalue weighted by Crippen LogP contribution is -2.54. The zero-order valence-corrected chi connectivity index (χ0v) is 51.3. The summed E-state index contributed by atoms with van der Waals surface area (Å²) in [5.74, 6) is -5.04. The topological polar surface area (TPSA) is 405 Å². The number of rotatable bonds is 29. The monoisotopic (exact) mass is 1260 g/mol. The van der Waals surface area contributed by atoms with Crippen molar-refractivity contribution >= 4 is 82.7 Å². The number of aliphatic carboxylic acids is 3. The van der Waals surface area contributed by atoms with Gasteiger partial charge in [-0.05, 0) is 50.6 Å². The number of carboxylic acid groups (broad SMARTS) is 3. The Morgan fingerprint density at radius 2 is 1.40 bits per heavy atom. The van der Waals surface area contributed by atoms with Gasteiger partial charge in [-0.2, -0.15) is 12.6 Å². The molecular weight excluding hydrogens is 1180 g/mol. The standard InChI is InChI=1S/C26H43N5O12.C20H16N3O5.C7H11NO4.C3H8.CH4S/c1-27-20(32)5-2-6-21(33)28-8-11-42-13-15-43-14-12-41-10-7-22(34)30-18(16-23(35)36)26(40)31-9-3-4-19(31)25(39)29-17-24(37)38;1-2-15-12-5-16-19-11(7-22(16)20(24)13(12)8-28-23(15)25)3-10-4-17-18(27-9-26-17)6-14(10)21-19;1-5(9)4-8-6(10)2-3-7(11)12;1-3-2;1-2/h18-19H,2-17H2,1H3,(H,27,32)(H,28,33)(H,29,39)(H,30,34)(H,35,36)(H,37,38);3-6,15H,2,7-9H2,1H3;2-4H2,1H3,(H,8,10)(H,11,12);3H2,1-2H3;2H,1H3/q;+1;;;/t18-,19-;;;;/m0..../s1. The van der Waals surface area contributed by atoms with Crippen molar-refractivity contribution in [2.75, 3.05) is 85.9 Å². The Bertz CT molecular complexity index is 2960. The molecule has 8 N–H and O–H groups in total. The molecule has 6 heterocycles. The van der Waals surface area contributed by atoms with E-state index in [2.05, 4.69) is 53.1 Å². The number of ether oxygens (including phenoxy) is 5. The second kappa shape index (κ2) is 39.5. The summed E-state index contributed by atoms with van der Waals surface area (Å²) in [6, 6.07) is 4.91. The van der Waals surface area contributed by atoms with E-state index in [4.69, 9.17) is 43.7 Å². The number of pyridine rings is 2. The van der Waals surface area contributed by atoms with Crippen molar-refractivity contribution < 1.29 is 96.7 Å². The molecule has 6 amide bonds. The van der Waals surface area contributed by atoms with Gasteiger partial charge in [0.1, 0.15) is 24.4 Å². The van der Waals surface area contributed by atoms with E-state index in [0.29, 0.717) is 74.0 Å². The first-order valence-electron chi connectivity index (χ1n) is 28.7. The molecule has 3 atom stereocenters.